The molecule has 0 amide bonds. The number of nitrogens with zero attached hydrogens (tertiary/aromatic N) is 1. The van der Waals surface area contributed by atoms with Gasteiger partial charge in [0, 0.05) is 16.5 Å². The first-order valence-electron chi connectivity index (χ1n) is 8.02. The molecular formula is C18H12F6N2O. The lowest BCUT2D eigenvalue weighted by Gasteiger charge is -2.14. The molecule has 4 rings (SSSR count). The zero-order valence-corrected chi connectivity index (χ0v) is 13.6. The van der Waals surface area contributed by atoms with Crippen molar-refractivity contribution in [3.8, 4) is 0 Å². The lowest BCUT2D eigenvalue weighted by atomic mass is 10.0. The summed E-state index contributed by atoms with van der Waals surface area (Å²) in [6.07, 6.45) is -7.51. The Hall–Kier alpha value is -2.55. The van der Waals surface area contributed by atoms with Crippen molar-refractivity contribution >= 4 is 27.4 Å². The first kappa shape index (κ1) is 17.8. The molecule has 0 saturated heterocycles. The van der Waals surface area contributed by atoms with Crippen LogP contribution in [0.2, 0.25) is 0 Å². The van der Waals surface area contributed by atoms with Crippen LogP contribution in [0.4, 0.5) is 26.3 Å². The van der Waals surface area contributed by atoms with Crippen LogP contribution in [0, 0.1) is 0 Å². The lowest BCUT2D eigenvalue weighted by molar-refractivity contribution is -0.144. The predicted molar refractivity (Wildman–Crippen MR) is 87.0 cm³/mol. The van der Waals surface area contributed by atoms with Crippen molar-refractivity contribution < 1.29 is 31.1 Å². The van der Waals surface area contributed by atoms with Crippen LogP contribution >= 0.6 is 0 Å². The van der Waals surface area contributed by atoms with Gasteiger partial charge in [0.05, 0.1) is 29.8 Å². The summed E-state index contributed by atoms with van der Waals surface area (Å²) < 4.78 is 84.6. The Morgan fingerprint density at radius 1 is 1.00 bits per heavy atom. The van der Waals surface area contributed by atoms with E-state index in [0.29, 0.717) is 30.7 Å². The SMILES string of the molecule is FC(F)(F)c1cc(C(F)(F)F)c2ccc3cc(C4=CCOCC4)[nH]c3c2n1. The zero-order valence-electron chi connectivity index (χ0n) is 13.6. The Balaban J connectivity index is 2.02. The average molecular weight is 386 g/mol. The molecule has 0 aliphatic carbocycles. The van der Waals surface area contributed by atoms with E-state index in [1.165, 1.54) is 6.07 Å². The molecule has 0 saturated carbocycles. The smallest absolute Gasteiger partial charge is 0.377 e. The van der Waals surface area contributed by atoms with E-state index in [1.54, 1.807) is 6.07 Å². The van der Waals surface area contributed by atoms with Gasteiger partial charge in [-0.2, -0.15) is 26.3 Å². The van der Waals surface area contributed by atoms with Gasteiger partial charge in [-0.25, -0.2) is 4.98 Å². The van der Waals surface area contributed by atoms with E-state index in [4.69, 9.17) is 4.74 Å². The van der Waals surface area contributed by atoms with E-state index in [2.05, 4.69) is 9.97 Å². The summed E-state index contributed by atoms with van der Waals surface area (Å²) in [7, 11) is 0. The predicted octanol–water partition coefficient (Wildman–Crippen LogP) is 5.56. The van der Waals surface area contributed by atoms with Crippen LogP contribution < -0.4 is 0 Å². The maximum absolute atomic E-state index is 13.4. The van der Waals surface area contributed by atoms with E-state index in [1.807, 2.05) is 6.08 Å². The Labute approximate surface area is 148 Å². The fourth-order valence-corrected chi connectivity index (χ4v) is 3.21. The third kappa shape index (κ3) is 3.16. The minimum Gasteiger partial charge on any atom is -0.377 e. The van der Waals surface area contributed by atoms with Crippen molar-refractivity contribution in [3.05, 3.63) is 47.3 Å². The average Bonchev–Trinajstić information content (AvgIpc) is 3.04. The van der Waals surface area contributed by atoms with E-state index in [0.717, 1.165) is 11.6 Å². The van der Waals surface area contributed by atoms with E-state index in [-0.39, 0.29) is 22.5 Å². The van der Waals surface area contributed by atoms with E-state index >= 15 is 0 Å². The summed E-state index contributed by atoms with van der Waals surface area (Å²) in [4.78, 5) is 6.45. The number of rotatable bonds is 1. The molecule has 142 valence electrons. The molecule has 0 spiro atoms. The minimum atomic E-state index is -4.99. The molecule has 27 heavy (non-hydrogen) atoms. The second-order valence-electron chi connectivity index (χ2n) is 6.21. The topological polar surface area (TPSA) is 37.9 Å². The molecule has 1 aliphatic rings. The summed E-state index contributed by atoms with van der Waals surface area (Å²) >= 11 is 0. The number of halogens is 6. The summed E-state index contributed by atoms with van der Waals surface area (Å²) in [5.41, 5.74) is -1.61. The van der Waals surface area contributed by atoms with Crippen molar-refractivity contribution in [3.63, 3.8) is 0 Å². The normalized spacial score (nSPS) is 16.1. The number of hydrogen-bond donors (Lipinski definition) is 1. The standard InChI is InChI=1S/C18H12F6N2O/c19-17(20,21)12-8-14(18(22,23)24)26-16-11(12)2-1-10-7-13(25-15(10)16)9-3-5-27-6-4-9/h1-3,7-8,25H,4-6H2. The number of aromatic amines is 1. The first-order chi connectivity index (χ1) is 12.6. The second kappa shape index (κ2) is 5.98. The van der Waals surface area contributed by atoms with Crippen LogP contribution in [-0.2, 0) is 17.1 Å². The Kier molecular flexibility index (Phi) is 3.95. The number of fused-ring (bicyclic) bond motifs is 3. The number of ether oxygens (including phenoxy) is 1. The summed E-state index contributed by atoms with van der Waals surface area (Å²) in [5.74, 6) is 0. The zero-order chi connectivity index (χ0) is 19.4. The molecule has 9 heteroatoms. The van der Waals surface area contributed by atoms with Crippen molar-refractivity contribution in [2.45, 2.75) is 18.8 Å². The first-order valence-corrected chi connectivity index (χ1v) is 8.02. The minimum absolute atomic E-state index is 0.0546. The molecule has 2 aromatic heterocycles. The number of aromatic nitrogens is 2. The van der Waals surface area contributed by atoms with Crippen LogP contribution in [0.25, 0.3) is 27.4 Å². The molecule has 3 heterocycles. The number of pyridine rings is 1. The quantitative estimate of drug-likeness (QED) is 0.557. The highest BCUT2D eigenvalue weighted by atomic mass is 19.4. The van der Waals surface area contributed by atoms with Gasteiger partial charge >= 0.3 is 12.4 Å². The summed E-state index contributed by atoms with van der Waals surface area (Å²) in [6, 6.07) is 4.35. The van der Waals surface area contributed by atoms with Crippen LogP contribution in [0.3, 0.4) is 0 Å². The van der Waals surface area contributed by atoms with Gasteiger partial charge in [-0.3, -0.25) is 0 Å². The maximum atomic E-state index is 13.4. The lowest BCUT2D eigenvalue weighted by Crippen LogP contribution is -2.13. The highest BCUT2D eigenvalue weighted by molar-refractivity contribution is 6.05. The van der Waals surface area contributed by atoms with Gasteiger partial charge in [-0.1, -0.05) is 18.2 Å². The van der Waals surface area contributed by atoms with Crippen LogP contribution in [0.5, 0.6) is 0 Å². The highest BCUT2D eigenvalue weighted by Crippen LogP contribution is 2.40. The third-order valence-corrected chi connectivity index (χ3v) is 4.48. The molecule has 0 unspecified atom stereocenters. The van der Waals surface area contributed by atoms with E-state index < -0.39 is 23.6 Å². The van der Waals surface area contributed by atoms with Crippen molar-refractivity contribution in [1.29, 1.82) is 0 Å². The summed E-state index contributed by atoms with van der Waals surface area (Å²) in [6.45, 7) is 0.900. The fourth-order valence-electron chi connectivity index (χ4n) is 3.21. The maximum Gasteiger partial charge on any atom is 0.433 e. The van der Waals surface area contributed by atoms with Gasteiger partial charge in [0.1, 0.15) is 5.69 Å². The van der Waals surface area contributed by atoms with Gasteiger partial charge in [-0.15, -0.1) is 0 Å². The molecule has 0 radical (unpaired) electrons. The molecule has 0 atom stereocenters. The van der Waals surface area contributed by atoms with Crippen LogP contribution in [0.15, 0.2) is 30.3 Å². The van der Waals surface area contributed by atoms with Gasteiger partial charge in [0.15, 0.2) is 0 Å². The highest BCUT2D eigenvalue weighted by Gasteiger charge is 2.39. The van der Waals surface area contributed by atoms with Gasteiger partial charge in [0.25, 0.3) is 0 Å². The van der Waals surface area contributed by atoms with Crippen LogP contribution in [-0.4, -0.2) is 23.2 Å². The van der Waals surface area contributed by atoms with Crippen molar-refractivity contribution in [2.75, 3.05) is 13.2 Å². The molecule has 1 aromatic carbocycles. The molecule has 1 N–H and O–H groups in total. The van der Waals surface area contributed by atoms with Crippen molar-refractivity contribution in [1.82, 2.24) is 9.97 Å². The van der Waals surface area contributed by atoms with Crippen molar-refractivity contribution in [2.24, 2.45) is 0 Å². The Morgan fingerprint density at radius 2 is 1.78 bits per heavy atom. The Bertz CT molecular complexity index is 1060. The fraction of sp³-hybridized carbons (Fsp3) is 0.278. The number of alkyl halides is 6. The molecule has 0 fully saturated rings. The molecule has 3 nitrogen and oxygen atoms in total. The van der Waals surface area contributed by atoms with Gasteiger partial charge < -0.3 is 9.72 Å². The van der Waals surface area contributed by atoms with Gasteiger partial charge in [-0.05, 0) is 24.1 Å². The summed E-state index contributed by atoms with van der Waals surface area (Å²) in [5, 5.41) is 0.113. The number of benzene rings is 1. The third-order valence-electron chi connectivity index (χ3n) is 4.48. The molecular weight excluding hydrogens is 374 g/mol. The molecule has 1 aliphatic heterocycles. The number of nitrogens with one attached hydrogen (secondary N) is 1. The van der Waals surface area contributed by atoms with Gasteiger partial charge in [0.2, 0.25) is 0 Å². The number of H-pyrrole nitrogens is 1. The molecule has 0 bridgehead atoms. The monoisotopic (exact) mass is 386 g/mol. The number of hydrogen-bond acceptors (Lipinski definition) is 2. The van der Waals surface area contributed by atoms with Crippen LogP contribution in [0.1, 0.15) is 23.4 Å². The van der Waals surface area contributed by atoms with E-state index in [9.17, 15) is 26.3 Å². The molecule has 3 aromatic rings. The second-order valence-corrected chi connectivity index (χ2v) is 6.21. The Morgan fingerprint density at radius 3 is 2.41 bits per heavy atom. The largest absolute Gasteiger partial charge is 0.433 e.